The first-order valence-corrected chi connectivity index (χ1v) is 6.48. The number of ether oxygens (including phenoxy) is 1. The molecule has 1 saturated heterocycles. The van der Waals surface area contributed by atoms with Crippen molar-refractivity contribution < 1.29 is 24.9 Å². The predicted molar refractivity (Wildman–Crippen MR) is 71.6 cm³/mol. The van der Waals surface area contributed by atoms with Crippen molar-refractivity contribution in [2.75, 3.05) is 6.61 Å². The number of carbonyl (C=O) groups excluding carboxylic acids is 1. The molecule has 1 aromatic rings. The van der Waals surface area contributed by atoms with Crippen molar-refractivity contribution in [3.63, 3.8) is 0 Å². The Bertz CT molecular complexity index is 658. The van der Waals surface area contributed by atoms with E-state index in [2.05, 4.69) is 4.98 Å². The minimum Gasteiger partial charge on any atom is -0.394 e. The first-order chi connectivity index (χ1) is 9.81. The van der Waals surface area contributed by atoms with Crippen LogP contribution in [0.15, 0.2) is 17.1 Å². The Morgan fingerprint density at radius 2 is 2.24 bits per heavy atom. The average Bonchev–Trinajstić information content (AvgIpc) is 2.63. The number of H-pyrrole nitrogens is 1. The molecule has 1 fully saturated rings. The number of aromatic nitrogens is 2. The van der Waals surface area contributed by atoms with Gasteiger partial charge in [-0.2, -0.15) is 0 Å². The van der Waals surface area contributed by atoms with Crippen LogP contribution in [0.4, 0.5) is 0 Å². The quantitative estimate of drug-likeness (QED) is 0.387. The zero-order valence-corrected chi connectivity index (χ0v) is 11.6. The number of hydrogen-bond acceptors (Lipinski definition) is 7. The Kier molecular flexibility index (Phi) is 4.25. The normalized spacial score (nSPS) is 32.2. The lowest BCUT2D eigenvalue weighted by Gasteiger charge is -2.33. The number of nitrogens with zero attached hydrogens (tertiary/aromatic N) is 1. The fraction of sp³-hybridized carbons (Fsp3) is 0.545. The molecule has 0 aliphatic carbocycles. The van der Waals surface area contributed by atoms with Crippen LogP contribution < -0.4 is 11.3 Å². The number of nitrogens with one attached hydrogen (secondary N) is 1. The van der Waals surface area contributed by atoms with Crippen molar-refractivity contribution >= 4 is 18.1 Å². The van der Waals surface area contributed by atoms with Crippen molar-refractivity contribution in [1.82, 2.24) is 9.55 Å². The third-order valence-corrected chi connectivity index (χ3v) is 3.66. The maximum absolute atomic E-state index is 11.3. The Morgan fingerprint density at radius 1 is 1.57 bits per heavy atom. The topological polar surface area (TPSA) is 151 Å². The summed E-state index contributed by atoms with van der Waals surface area (Å²) in [6.45, 7) is -0.574. The van der Waals surface area contributed by atoms with E-state index in [1.165, 1.54) is 6.20 Å². The van der Waals surface area contributed by atoms with Crippen molar-refractivity contribution in [3.8, 4) is 0 Å². The van der Waals surface area contributed by atoms with Crippen molar-refractivity contribution in [2.45, 2.75) is 30.5 Å². The first-order valence-electron chi connectivity index (χ1n) is 6.07. The summed E-state index contributed by atoms with van der Waals surface area (Å²) >= 11 is 4.99. The smallest absolute Gasteiger partial charge is 0.251 e. The summed E-state index contributed by atoms with van der Waals surface area (Å²) in [6, 6.07) is 1.12. The van der Waals surface area contributed by atoms with Gasteiger partial charge in [-0.05, 0) is 12.2 Å². The second-order valence-corrected chi connectivity index (χ2v) is 5.13. The second-order valence-electron chi connectivity index (χ2n) is 4.74. The molecule has 0 unspecified atom stereocenters. The number of rotatable bonds is 4. The van der Waals surface area contributed by atoms with Crippen molar-refractivity contribution in [1.29, 1.82) is 0 Å². The monoisotopic (exact) mass is 317 g/mol. The summed E-state index contributed by atoms with van der Waals surface area (Å²) in [6.07, 6.45) is -3.40. The Labute approximate surface area is 123 Å². The maximum atomic E-state index is 11.3. The minimum absolute atomic E-state index is 0.117. The van der Waals surface area contributed by atoms with Crippen molar-refractivity contribution in [2.24, 2.45) is 5.73 Å². The van der Waals surface area contributed by atoms with Crippen LogP contribution in [0.1, 0.15) is 6.42 Å². The van der Waals surface area contributed by atoms with Gasteiger partial charge in [-0.25, -0.2) is 0 Å². The molecule has 9 nitrogen and oxygen atoms in total. The van der Waals surface area contributed by atoms with Crippen LogP contribution in [0.25, 0.3) is 0 Å². The average molecular weight is 317 g/mol. The van der Waals surface area contributed by atoms with E-state index >= 15 is 0 Å². The van der Waals surface area contributed by atoms with Gasteiger partial charge in [-0.15, -0.1) is 0 Å². The fourth-order valence-electron chi connectivity index (χ4n) is 2.41. The van der Waals surface area contributed by atoms with Crippen LogP contribution in [-0.2, 0) is 15.3 Å². The third kappa shape index (κ3) is 2.63. The molecule has 0 spiro atoms. The van der Waals surface area contributed by atoms with Gasteiger partial charge in [0, 0.05) is 12.3 Å². The molecule has 10 heteroatoms. The summed E-state index contributed by atoms with van der Waals surface area (Å²) in [4.78, 5) is 24.9. The van der Waals surface area contributed by atoms with Gasteiger partial charge in [-0.1, -0.05) is 0 Å². The molecule has 2 heterocycles. The molecule has 0 radical (unpaired) electrons. The number of primary amides is 1. The van der Waals surface area contributed by atoms with E-state index in [9.17, 15) is 24.9 Å². The molecule has 21 heavy (non-hydrogen) atoms. The fourth-order valence-corrected chi connectivity index (χ4v) is 2.73. The van der Waals surface area contributed by atoms with E-state index in [0.29, 0.717) is 0 Å². The number of aliphatic hydroxyl groups excluding tert-OH is 3. The Morgan fingerprint density at radius 3 is 2.71 bits per heavy atom. The van der Waals surface area contributed by atoms with Crippen LogP contribution >= 0.6 is 12.2 Å². The highest BCUT2D eigenvalue weighted by molar-refractivity contribution is 7.71. The number of hydrogen-bond donors (Lipinski definition) is 5. The lowest BCUT2D eigenvalue weighted by Crippen LogP contribution is -2.49. The van der Waals surface area contributed by atoms with Gasteiger partial charge in [0.1, 0.15) is 18.3 Å². The van der Waals surface area contributed by atoms with Crippen LogP contribution in [0.3, 0.4) is 0 Å². The number of aliphatic hydroxyl groups is 3. The lowest BCUT2D eigenvalue weighted by atomic mass is 9.98. The van der Waals surface area contributed by atoms with E-state index in [1.54, 1.807) is 0 Å². The molecule has 0 aromatic carbocycles. The zero-order chi connectivity index (χ0) is 15.8. The minimum atomic E-state index is -1.79. The first kappa shape index (κ1) is 15.8. The van der Waals surface area contributed by atoms with Crippen LogP contribution in [0.5, 0.6) is 0 Å². The van der Waals surface area contributed by atoms with Gasteiger partial charge < -0.3 is 25.8 Å². The molecule has 0 bridgehead atoms. The van der Waals surface area contributed by atoms with E-state index in [1.807, 2.05) is 0 Å². The van der Waals surface area contributed by atoms with Gasteiger partial charge in [0.15, 0.2) is 10.5 Å². The number of carbonyl (C=O) groups is 1. The molecular formula is C11H15N3O6S. The molecule has 2 rings (SSSR count). The summed E-state index contributed by atoms with van der Waals surface area (Å²) < 4.78 is 6.48. The van der Waals surface area contributed by atoms with E-state index in [-0.39, 0.29) is 4.77 Å². The number of nitrogens with two attached hydrogens (primary N) is 1. The summed E-state index contributed by atoms with van der Waals surface area (Å²) in [7, 11) is 0. The molecule has 1 aliphatic heterocycles. The van der Waals surface area contributed by atoms with Gasteiger partial charge in [0.2, 0.25) is 5.91 Å². The SMILES string of the molecule is NC(=O)C[C@@]1(n2ccc(=O)[nH]c2=S)O[C@H](CO)[C@@H](O)[C@H]1O. The molecule has 1 aromatic heterocycles. The van der Waals surface area contributed by atoms with E-state index < -0.39 is 48.5 Å². The predicted octanol–water partition coefficient (Wildman–Crippen LogP) is -2.45. The highest BCUT2D eigenvalue weighted by Crippen LogP contribution is 2.38. The molecule has 6 N–H and O–H groups in total. The van der Waals surface area contributed by atoms with Crippen LogP contribution in [-0.4, -0.2) is 55.7 Å². The molecular weight excluding hydrogens is 302 g/mol. The highest BCUT2D eigenvalue weighted by atomic mass is 32.1. The highest BCUT2D eigenvalue weighted by Gasteiger charge is 2.56. The molecule has 0 saturated carbocycles. The summed E-state index contributed by atoms with van der Waals surface area (Å²) in [5, 5.41) is 29.3. The van der Waals surface area contributed by atoms with Crippen molar-refractivity contribution in [3.05, 3.63) is 27.4 Å². The maximum Gasteiger partial charge on any atom is 0.251 e. The van der Waals surface area contributed by atoms with Gasteiger partial charge in [0.05, 0.1) is 13.0 Å². The molecule has 1 amide bonds. The van der Waals surface area contributed by atoms with Gasteiger partial charge in [0.25, 0.3) is 5.56 Å². The Balaban J connectivity index is 2.60. The summed E-state index contributed by atoms with van der Waals surface area (Å²) in [5.41, 5.74) is 2.91. The van der Waals surface area contributed by atoms with Crippen LogP contribution in [0, 0.1) is 4.77 Å². The standard InChI is InChI=1S/C11H15N3O6S/c12-6(16)3-11(9(19)8(18)5(4-15)20-11)14-2-1-7(17)13-10(14)21/h1-2,5,8-9,15,18-19H,3-4H2,(H2,12,16)(H,13,17,21)/t5-,8-,9-,11-/m1/s1. The Hall–Kier alpha value is -1.59. The lowest BCUT2D eigenvalue weighted by molar-refractivity contribution is -0.162. The molecule has 116 valence electrons. The van der Waals surface area contributed by atoms with Crippen LogP contribution in [0.2, 0.25) is 0 Å². The third-order valence-electron chi connectivity index (χ3n) is 3.36. The number of aromatic amines is 1. The largest absolute Gasteiger partial charge is 0.394 e. The second kappa shape index (κ2) is 5.66. The molecule has 4 atom stereocenters. The van der Waals surface area contributed by atoms with Gasteiger partial charge in [-0.3, -0.25) is 19.1 Å². The number of amides is 1. The summed E-state index contributed by atoms with van der Waals surface area (Å²) in [5.74, 6) is -0.812. The van der Waals surface area contributed by atoms with Gasteiger partial charge >= 0.3 is 0 Å². The molecule has 1 aliphatic rings. The van der Waals surface area contributed by atoms with E-state index in [4.69, 9.17) is 22.7 Å². The zero-order valence-electron chi connectivity index (χ0n) is 10.8. The van der Waals surface area contributed by atoms with E-state index in [0.717, 1.165) is 10.6 Å².